The van der Waals surface area contributed by atoms with Crippen LogP contribution in [0.3, 0.4) is 0 Å². The Morgan fingerprint density at radius 3 is 2.38 bits per heavy atom. The molecule has 0 N–H and O–H groups in total. The molecule has 0 atom stereocenters. The number of rotatable bonds is 5. The van der Waals surface area contributed by atoms with Crippen molar-refractivity contribution >= 4 is 32.9 Å². The Morgan fingerprint density at radius 2 is 1.71 bits per heavy atom. The molecule has 1 fully saturated rings. The lowest BCUT2D eigenvalue weighted by molar-refractivity contribution is -0.137. The largest absolute Gasteiger partial charge is 0.416 e. The molecule has 182 valence electrons. The third-order valence-electron chi connectivity index (χ3n) is 5.72. The van der Waals surface area contributed by atoms with E-state index in [4.69, 9.17) is 0 Å². The molecule has 6 nitrogen and oxygen atoms in total. The molecular weight excluding hydrogens is 487 g/mol. The first-order chi connectivity index (χ1) is 16.2. The molecule has 1 saturated heterocycles. The van der Waals surface area contributed by atoms with Crippen molar-refractivity contribution in [2.45, 2.75) is 36.1 Å². The fraction of sp³-hybridized carbons (Fsp3) is 0.391. The van der Waals surface area contributed by atoms with Gasteiger partial charge in [-0.15, -0.1) is 0 Å². The predicted octanol–water partition coefficient (Wildman–Crippen LogP) is 4.63. The van der Waals surface area contributed by atoms with Gasteiger partial charge in [-0.05, 0) is 48.7 Å². The summed E-state index contributed by atoms with van der Waals surface area (Å²) in [6.07, 6.45) is -1.72. The van der Waals surface area contributed by atoms with Crippen molar-refractivity contribution in [3.8, 4) is 0 Å². The van der Waals surface area contributed by atoms with Crippen molar-refractivity contribution in [2.24, 2.45) is 4.99 Å². The summed E-state index contributed by atoms with van der Waals surface area (Å²) in [4.78, 5) is 19.0. The molecular formula is C23H24F3N3O3S2. The minimum Gasteiger partial charge on any atom is -0.286 e. The lowest BCUT2D eigenvalue weighted by Crippen LogP contribution is -2.35. The summed E-state index contributed by atoms with van der Waals surface area (Å²) >= 11 is 1.20. The molecule has 34 heavy (non-hydrogen) atoms. The zero-order chi connectivity index (χ0) is 24.3. The van der Waals surface area contributed by atoms with Gasteiger partial charge in [0.25, 0.3) is 5.91 Å². The number of amides is 1. The molecule has 11 heteroatoms. The van der Waals surface area contributed by atoms with Crippen LogP contribution in [0.15, 0.2) is 58.4 Å². The van der Waals surface area contributed by atoms with E-state index >= 15 is 0 Å². The number of thioether (sulfide) groups is 1. The molecule has 0 bridgehead atoms. The van der Waals surface area contributed by atoms with Crippen LogP contribution in [0.4, 0.5) is 13.2 Å². The van der Waals surface area contributed by atoms with Crippen molar-refractivity contribution in [3.63, 3.8) is 0 Å². The number of amidine groups is 1. The summed E-state index contributed by atoms with van der Waals surface area (Å²) in [5.41, 5.74) is 0.0902. The van der Waals surface area contributed by atoms with Crippen molar-refractivity contribution < 1.29 is 26.4 Å². The van der Waals surface area contributed by atoms with Crippen LogP contribution in [-0.2, 0) is 22.0 Å². The molecule has 1 amide bonds. The van der Waals surface area contributed by atoms with E-state index in [1.807, 2.05) is 0 Å². The topological polar surface area (TPSA) is 70.1 Å². The van der Waals surface area contributed by atoms with Crippen LogP contribution in [0.5, 0.6) is 0 Å². The molecule has 0 spiro atoms. The van der Waals surface area contributed by atoms with Gasteiger partial charge in [0.05, 0.1) is 17.0 Å². The van der Waals surface area contributed by atoms with Gasteiger partial charge in [0.2, 0.25) is 10.0 Å². The van der Waals surface area contributed by atoms with E-state index in [0.717, 1.165) is 31.4 Å². The maximum atomic E-state index is 13.0. The second-order valence-corrected chi connectivity index (χ2v) is 11.0. The van der Waals surface area contributed by atoms with Gasteiger partial charge in [-0.25, -0.2) is 8.42 Å². The second-order valence-electron chi connectivity index (χ2n) is 8.10. The Morgan fingerprint density at radius 1 is 1.00 bits per heavy atom. The lowest BCUT2D eigenvalue weighted by atomic mass is 10.1. The van der Waals surface area contributed by atoms with E-state index in [9.17, 15) is 26.4 Å². The van der Waals surface area contributed by atoms with Gasteiger partial charge < -0.3 is 0 Å². The SMILES string of the molecule is O=C(c1ccc(S(=O)(=O)N2CCCCC2)cc1)N1CCN=C1SCc1cccc(C(F)(F)F)c1. The number of piperidine rings is 1. The summed E-state index contributed by atoms with van der Waals surface area (Å²) in [5.74, 6) is -0.0887. The Hall–Kier alpha value is -2.37. The Labute approximate surface area is 200 Å². The number of nitrogens with zero attached hydrogens (tertiary/aromatic N) is 3. The fourth-order valence-corrected chi connectivity index (χ4v) is 6.41. The quantitative estimate of drug-likeness (QED) is 0.587. The van der Waals surface area contributed by atoms with E-state index < -0.39 is 21.8 Å². The van der Waals surface area contributed by atoms with E-state index in [2.05, 4.69) is 4.99 Å². The standard InChI is InChI=1S/C23H24F3N3O3S2/c24-23(25,26)19-6-4-5-17(15-19)16-33-22-27-11-14-29(22)21(30)18-7-9-20(10-8-18)34(31,32)28-12-2-1-3-13-28/h4-10,15H,1-3,11-14,16H2. The van der Waals surface area contributed by atoms with E-state index in [1.54, 1.807) is 6.07 Å². The van der Waals surface area contributed by atoms with E-state index in [0.29, 0.717) is 42.5 Å². The number of alkyl halides is 3. The monoisotopic (exact) mass is 511 g/mol. The average molecular weight is 512 g/mol. The third-order valence-corrected chi connectivity index (χ3v) is 8.72. The predicted molar refractivity (Wildman–Crippen MR) is 125 cm³/mol. The summed E-state index contributed by atoms with van der Waals surface area (Å²) in [5, 5.41) is 0.437. The first-order valence-electron chi connectivity index (χ1n) is 10.9. The molecule has 2 heterocycles. The van der Waals surface area contributed by atoms with Crippen LogP contribution >= 0.6 is 11.8 Å². The summed E-state index contributed by atoms with van der Waals surface area (Å²) < 4.78 is 66.0. The average Bonchev–Trinajstić information content (AvgIpc) is 3.31. The molecule has 0 aromatic heterocycles. The van der Waals surface area contributed by atoms with Crippen LogP contribution in [0.25, 0.3) is 0 Å². The van der Waals surface area contributed by atoms with Crippen LogP contribution in [0.2, 0.25) is 0 Å². The van der Waals surface area contributed by atoms with Crippen LogP contribution < -0.4 is 0 Å². The van der Waals surface area contributed by atoms with Crippen LogP contribution in [0, 0.1) is 0 Å². The number of benzene rings is 2. The fourth-order valence-electron chi connectivity index (χ4n) is 3.90. The van der Waals surface area contributed by atoms with Gasteiger partial charge in [-0.2, -0.15) is 17.5 Å². The maximum Gasteiger partial charge on any atom is 0.416 e. The van der Waals surface area contributed by atoms with Gasteiger partial charge in [0, 0.05) is 31.0 Å². The zero-order valence-electron chi connectivity index (χ0n) is 18.3. The second kappa shape index (κ2) is 10.1. The molecule has 2 aliphatic heterocycles. The van der Waals surface area contributed by atoms with Gasteiger partial charge in [0.15, 0.2) is 5.17 Å². The molecule has 0 saturated carbocycles. The van der Waals surface area contributed by atoms with Crippen molar-refractivity contribution in [1.82, 2.24) is 9.21 Å². The Balaban J connectivity index is 1.42. The number of hydrogen-bond donors (Lipinski definition) is 0. The number of aliphatic imine (C=N–C) groups is 1. The Bertz CT molecular complexity index is 1180. The van der Waals surface area contributed by atoms with Crippen LogP contribution in [-0.4, -0.2) is 54.9 Å². The maximum absolute atomic E-state index is 13.0. The number of sulfonamides is 1. The minimum absolute atomic E-state index is 0.153. The number of hydrogen-bond acceptors (Lipinski definition) is 5. The first-order valence-corrected chi connectivity index (χ1v) is 13.3. The third kappa shape index (κ3) is 5.47. The number of carbonyl (C=O) groups is 1. The highest BCUT2D eigenvalue weighted by molar-refractivity contribution is 8.13. The van der Waals surface area contributed by atoms with Gasteiger partial charge in [0.1, 0.15) is 0 Å². The molecule has 2 aromatic carbocycles. The van der Waals surface area contributed by atoms with Crippen molar-refractivity contribution in [2.75, 3.05) is 26.2 Å². The van der Waals surface area contributed by atoms with Crippen LogP contribution in [0.1, 0.15) is 40.7 Å². The first kappa shape index (κ1) is 24.7. The highest BCUT2D eigenvalue weighted by Crippen LogP contribution is 2.31. The smallest absolute Gasteiger partial charge is 0.286 e. The number of carbonyl (C=O) groups excluding carboxylic acids is 1. The normalized spacial score (nSPS) is 17.6. The summed E-state index contributed by atoms with van der Waals surface area (Å²) in [7, 11) is -3.59. The lowest BCUT2D eigenvalue weighted by Gasteiger charge is -2.26. The number of halogens is 3. The molecule has 0 radical (unpaired) electrons. The highest BCUT2D eigenvalue weighted by Gasteiger charge is 2.31. The molecule has 0 aliphatic carbocycles. The minimum atomic E-state index is -4.42. The molecule has 2 aliphatic rings. The highest BCUT2D eigenvalue weighted by atomic mass is 32.2. The van der Waals surface area contributed by atoms with Crippen molar-refractivity contribution in [3.05, 3.63) is 65.2 Å². The Kier molecular flexibility index (Phi) is 7.34. The summed E-state index contributed by atoms with van der Waals surface area (Å²) in [6.45, 7) is 1.76. The molecule has 4 rings (SSSR count). The zero-order valence-corrected chi connectivity index (χ0v) is 19.9. The van der Waals surface area contributed by atoms with Gasteiger partial charge in [-0.3, -0.25) is 14.7 Å². The molecule has 2 aromatic rings. The van der Waals surface area contributed by atoms with E-state index in [-0.39, 0.29) is 16.6 Å². The van der Waals surface area contributed by atoms with E-state index in [1.165, 1.54) is 51.3 Å². The van der Waals surface area contributed by atoms with Gasteiger partial charge in [-0.1, -0.05) is 36.4 Å². The van der Waals surface area contributed by atoms with Crippen molar-refractivity contribution in [1.29, 1.82) is 0 Å². The van der Waals surface area contributed by atoms with Gasteiger partial charge >= 0.3 is 6.18 Å². The molecule has 0 unspecified atom stereocenters. The summed E-state index contributed by atoms with van der Waals surface area (Å²) in [6, 6.07) is 10.9.